The van der Waals surface area contributed by atoms with Gasteiger partial charge in [0.2, 0.25) is 0 Å². The van der Waals surface area contributed by atoms with Crippen molar-refractivity contribution in [2.75, 3.05) is 34.3 Å². The van der Waals surface area contributed by atoms with E-state index >= 15 is 0 Å². The van der Waals surface area contributed by atoms with Crippen molar-refractivity contribution in [3.8, 4) is 11.5 Å². The van der Waals surface area contributed by atoms with Gasteiger partial charge in [-0.25, -0.2) is 0 Å². The van der Waals surface area contributed by atoms with Gasteiger partial charge in [0.1, 0.15) is 17.3 Å². The Balaban J connectivity index is 2.16. The summed E-state index contributed by atoms with van der Waals surface area (Å²) in [4.78, 5) is 29.2. The lowest BCUT2D eigenvalue weighted by molar-refractivity contribution is -0.140. The number of ketones is 1. The largest absolute Gasteiger partial charge is 0.507 e. The van der Waals surface area contributed by atoms with Crippen LogP contribution >= 0.6 is 0 Å². The van der Waals surface area contributed by atoms with E-state index in [9.17, 15) is 19.8 Å². The first kappa shape index (κ1) is 21.4. The quantitative estimate of drug-likeness (QED) is 0.432. The molecule has 158 valence electrons. The average Bonchev–Trinajstić information content (AvgIpc) is 2.96. The standard InChI is InChI=1S/C23H26N2O5/c1-14-5-7-15(8-6-14)20-19(22(28)23(29)25(20)12-11-24(2)3)21(27)17-10-9-16(30-4)13-18(17)26/h5-10,13,20,26-27H,11-12H2,1-4H3/t20-/m1/s1. The lowest BCUT2D eigenvalue weighted by atomic mass is 9.94. The molecule has 1 saturated heterocycles. The normalized spacial score (nSPS) is 18.3. The second-order valence-corrected chi connectivity index (χ2v) is 7.59. The molecule has 7 nitrogen and oxygen atoms in total. The Bertz CT molecular complexity index is 995. The number of benzene rings is 2. The summed E-state index contributed by atoms with van der Waals surface area (Å²) in [7, 11) is 5.22. The predicted octanol–water partition coefficient (Wildman–Crippen LogP) is 2.69. The number of aliphatic hydroxyl groups excluding tert-OH is 1. The summed E-state index contributed by atoms with van der Waals surface area (Å²) in [6.45, 7) is 2.83. The third-order valence-corrected chi connectivity index (χ3v) is 5.18. The van der Waals surface area contributed by atoms with Crippen molar-refractivity contribution in [3.05, 3.63) is 64.7 Å². The van der Waals surface area contributed by atoms with Gasteiger partial charge in [-0.2, -0.15) is 0 Å². The molecule has 1 fully saturated rings. The number of aryl methyl sites for hydroxylation is 1. The second-order valence-electron chi connectivity index (χ2n) is 7.59. The van der Waals surface area contributed by atoms with Crippen LogP contribution in [0.1, 0.15) is 22.7 Å². The van der Waals surface area contributed by atoms with Gasteiger partial charge >= 0.3 is 0 Å². The summed E-state index contributed by atoms with van der Waals surface area (Å²) in [5, 5.41) is 21.4. The fourth-order valence-electron chi connectivity index (χ4n) is 3.50. The Labute approximate surface area is 175 Å². The Morgan fingerprint density at radius 2 is 1.80 bits per heavy atom. The number of carbonyl (C=O) groups excluding carboxylic acids is 2. The highest BCUT2D eigenvalue weighted by Gasteiger charge is 2.46. The maximum atomic E-state index is 12.9. The van der Waals surface area contributed by atoms with Crippen LogP contribution in [0, 0.1) is 6.92 Å². The summed E-state index contributed by atoms with van der Waals surface area (Å²) < 4.78 is 5.07. The molecule has 0 bridgehead atoms. The zero-order valence-corrected chi connectivity index (χ0v) is 17.5. The highest BCUT2D eigenvalue weighted by atomic mass is 16.5. The first-order valence-electron chi connectivity index (χ1n) is 9.61. The molecule has 1 amide bonds. The average molecular weight is 410 g/mol. The van der Waals surface area contributed by atoms with Crippen molar-refractivity contribution in [1.29, 1.82) is 0 Å². The number of aromatic hydroxyl groups is 1. The number of rotatable bonds is 6. The van der Waals surface area contributed by atoms with Gasteiger partial charge < -0.3 is 24.7 Å². The van der Waals surface area contributed by atoms with Gasteiger partial charge in [0.25, 0.3) is 11.7 Å². The molecule has 0 radical (unpaired) electrons. The molecule has 2 aromatic carbocycles. The van der Waals surface area contributed by atoms with Crippen molar-refractivity contribution >= 4 is 17.4 Å². The van der Waals surface area contributed by atoms with Crippen LogP contribution in [-0.4, -0.2) is 66.0 Å². The first-order chi connectivity index (χ1) is 14.2. The van der Waals surface area contributed by atoms with Gasteiger partial charge in [0, 0.05) is 19.2 Å². The molecule has 2 aromatic rings. The van der Waals surface area contributed by atoms with Gasteiger partial charge in [-0.1, -0.05) is 29.8 Å². The number of likely N-dealkylation sites (N-methyl/N-ethyl adjacent to an activating group) is 1. The van der Waals surface area contributed by atoms with Crippen molar-refractivity contribution in [2.24, 2.45) is 0 Å². The number of amides is 1. The van der Waals surface area contributed by atoms with Crippen molar-refractivity contribution in [3.63, 3.8) is 0 Å². The van der Waals surface area contributed by atoms with Crippen LogP contribution in [0.25, 0.3) is 5.76 Å². The molecule has 1 aliphatic rings. The number of phenols is 1. The Kier molecular flexibility index (Phi) is 6.12. The van der Waals surface area contributed by atoms with E-state index in [2.05, 4.69) is 0 Å². The van der Waals surface area contributed by atoms with Crippen LogP contribution in [0.2, 0.25) is 0 Å². The number of nitrogens with zero attached hydrogens (tertiary/aromatic N) is 2. The van der Waals surface area contributed by atoms with E-state index < -0.39 is 23.5 Å². The molecule has 7 heteroatoms. The van der Waals surface area contributed by atoms with Crippen LogP contribution in [0.3, 0.4) is 0 Å². The fourth-order valence-corrected chi connectivity index (χ4v) is 3.50. The monoisotopic (exact) mass is 410 g/mol. The Morgan fingerprint density at radius 1 is 1.13 bits per heavy atom. The van der Waals surface area contributed by atoms with E-state index in [1.165, 1.54) is 24.1 Å². The first-order valence-corrected chi connectivity index (χ1v) is 9.61. The molecule has 30 heavy (non-hydrogen) atoms. The minimum absolute atomic E-state index is 0.0388. The van der Waals surface area contributed by atoms with Gasteiger partial charge in [0.05, 0.1) is 24.3 Å². The van der Waals surface area contributed by atoms with Crippen molar-refractivity contribution < 1.29 is 24.5 Å². The Morgan fingerprint density at radius 3 is 2.37 bits per heavy atom. The third-order valence-electron chi connectivity index (χ3n) is 5.18. The maximum absolute atomic E-state index is 12.9. The number of hydrogen-bond acceptors (Lipinski definition) is 6. The van der Waals surface area contributed by atoms with Crippen LogP contribution in [0.15, 0.2) is 48.0 Å². The van der Waals surface area contributed by atoms with E-state index in [0.717, 1.165) is 5.56 Å². The smallest absolute Gasteiger partial charge is 0.295 e. The minimum Gasteiger partial charge on any atom is -0.507 e. The fraction of sp³-hybridized carbons (Fsp3) is 0.304. The highest BCUT2D eigenvalue weighted by molar-refractivity contribution is 6.46. The zero-order valence-electron chi connectivity index (χ0n) is 17.5. The molecule has 2 N–H and O–H groups in total. The van der Waals surface area contributed by atoms with E-state index in [1.807, 2.05) is 50.2 Å². The lowest BCUT2D eigenvalue weighted by Gasteiger charge is -2.26. The van der Waals surface area contributed by atoms with Gasteiger partial charge in [-0.15, -0.1) is 0 Å². The number of methoxy groups -OCH3 is 1. The van der Waals surface area contributed by atoms with E-state index in [-0.39, 0.29) is 16.9 Å². The number of carbonyl (C=O) groups is 2. The molecule has 0 aromatic heterocycles. The van der Waals surface area contributed by atoms with Crippen LogP contribution in [0.4, 0.5) is 0 Å². The summed E-state index contributed by atoms with van der Waals surface area (Å²) in [6.07, 6.45) is 0. The molecule has 3 rings (SSSR count). The molecule has 1 aliphatic heterocycles. The number of ether oxygens (including phenoxy) is 1. The number of hydrogen-bond donors (Lipinski definition) is 2. The summed E-state index contributed by atoms with van der Waals surface area (Å²) in [6, 6.07) is 11.1. The van der Waals surface area contributed by atoms with Crippen molar-refractivity contribution in [2.45, 2.75) is 13.0 Å². The number of phenolic OH excluding ortho intramolecular Hbond substituents is 1. The van der Waals surface area contributed by atoms with Crippen LogP contribution < -0.4 is 4.74 Å². The molecule has 0 unspecified atom stereocenters. The maximum Gasteiger partial charge on any atom is 0.295 e. The zero-order chi connectivity index (χ0) is 22.0. The minimum atomic E-state index is -0.771. The summed E-state index contributed by atoms with van der Waals surface area (Å²) in [5.41, 5.74) is 1.78. The van der Waals surface area contributed by atoms with Crippen LogP contribution in [0.5, 0.6) is 11.5 Å². The highest BCUT2D eigenvalue weighted by Crippen LogP contribution is 2.41. The summed E-state index contributed by atoms with van der Waals surface area (Å²) in [5.74, 6) is -1.69. The lowest BCUT2D eigenvalue weighted by Crippen LogP contribution is -2.35. The van der Waals surface area contributed by atoms with Crippen molar-refractivity contribution in [1.82, 2.24) is 9.80 Å². The molecule has 0 aliphatic carbocycles. The number of likely N-dealkylation sites (tertiary alicyclic amines) is 1. The van der Waals surface area contributed by atoms with E-state index in [0.29, 0.717) is 24.4 Å². The van der Waals surface area contributed by atoms with Gasteiger partial charge in [0.15, 0.2) is 0 Å². The molecular weight excluding hydrogens is 384 g/mol. The topological polar surface area (TPSA) is 90.3 Å². The molecule has 0 spiro atoms. The molecular formula is C23H26N2O5. The van der Waals surface area contributed by atoms with Crippen LogP contribution in [-0.2, 0) is 9.59 Å². The SMILES string of the molecule is COc1ccc(C(O)=C2C(=O)C(=O)N(CCN(C)C)[C@@H]2c2ccc(C)cc2)c(O)c1. The van der Waals surface area contributed by atoms with E-state index in [1.54, 1.807) is 6.07 Å². The number of aliphatic hydroxyl groups is 1. The molecule has 0 saturated carbocycles. The Hall–Kier alpha value is -3.32. The second kappa shape index (κ2) is 8.59. The molecule has 1 heterocycles. The van der Waals surface area contributed by atoms with E-state index in [4.69, 9.17) is 4.74 Å². The molecule has 1 atom stereocenters. The third kappa shape index (κ3) is 4.02. The summed E-state index contributed by atoms with van der Waals surface area (Å²) >= 11 is 0. The van der Waals surface area contributed by atoms with Gasteiger partial charge in [-0.3, -0.25) is 9.59 Å². The number of Topliss-reactive ketones (excluding diaryl/α,β-unsaturated/α-hetero) is 1. The predicted molar refractivity (Wildman–Crippen MR) is 113 cm³/mol. The van der Waals surface area contributed by atoms with Gasteiger partial charge in [-0.05, 0) is 38.7 Å².